The second kappa shape index (κ2) is 8.78. The summed E-state index contributed by atoms with van der Waals surface area (Å²) in [5, 5.41) is 12.8. The van der Waals surface area contributed by atoms with Gasteiger partial charge in [-0.05, 0) is 19.1 Å². The number of pyridine rings is 2. The van der Waals surface area contributed by atoms with Crippen molar-refractivity contribution in [2.75, 3.05) is 37.7 Å². The Morgan fingerprint density at radius 3 is 2.84 bits per heavy atom. The number of carbonyl (C=O) groups is 2. The molecule has 11 nitrogen and oxygen atoms in total. The highest BCUT2D eigenvalue weighted by Gasteiger charge is 2.33. The molecule has 4 rings (SSSR count). The number of ether oxygens (including phenoxy) is 1. The third-order valence-corrected chi connectivity index (χ3v) is 5.61. The maximum absolute atomic E-state index is 12.6. The lowest BCUT2D eigenvalue weighted by atomic mass is 9.99. The maximum Gasteiger partial charge on any atom is 0.341 e. The number of aromatic carboxylic acids is 1. The number of carbonyl (C=O) groups excluding carboxylic acids is 1. The van der Waals surface area contributed by atoms with E-state index in [1.165, 1.54) is 17.1 Å². The third kappa shape index (κ3) is 4.11. The SMILES string of the molecule is CCOCCNC(=O)C1CN(c2ccc3c(=O)c(C(=O)O)cn(-c4ncns4)c3n2)C1. The van der Waals surface area contributed by atoms with E-state index in [4.69, 9.17) is 4.74 Å². The Kier molecular flexibility index (Phi) is 5.91. The van der Waals surface area contributed by atoms with Crippen LogP contribution in [0.1, 0.15) is 17.3 Å². The normalized spacial score (nSPS) is 13.9. The highest BCUT2D eigenvalue weighted by Crippen LogP contribution is 2.26. The lowest BCUT2D eigenvalue weighted by Crippen LogP contribution is -2.54. The molecule has 1 amide bonds. The molecule has 4 heterocycles. The summed E-state index contributed by atoms with van der Waals surface area (Å²) in [5.74, 6) is -0.922. The molecule has 31 heavy (non-hydrogen) atoms. The predicted molar refractivity (Wildman–Crippen MR) is 113 cm³/mol. The van der Waals surface area contributed by atoms with E-state index < -0.39 is 11.4 Å². The van der Waals surface area contributed by atoms with Crippen LogP contribution in [-0.2, 0) is 9.53 Å². The van der Waals surface area contributed by atoms with Crippen molar-refractivity contribution in [2.24, 2.45) is 5.92 Å². The Balaban J connectivity index is 1.58. The van der Waals surface area contributed by atoms with Gasteiger partial charge >= 0.3 is 5.97 Å². The summed E-state index contributed by atoms with van der Waals surface area (Å²) < 4.78 is 10.6. The summed E-state index contributed by atoms with van der Waals surface area (Å²) in [6.07, 6.45) is 2.56. The fourth-order valence-electron chi connectivity index (χ4n) is 3.31. The summed E-state index contributed by atoms with van der Waals surface area (Å²) in [6.45, 7) is 4.44. The summed E-state index contributed by atoms with van der Waals surface area (Å²) in [4.78, 5) is 46.9. The number of nitrogens with one attached hydrogen (secondary N) is 1. The number of carboxylic acid groups (broad SMARTS) is 1. The number of nitrogens with zero attached hydrogens (tertiary/aromatic N) is 5. The first kappa shape index (κ1) is 20.9. The van der Waals surface area contributed by atoms with Gasteiger partial charge in [-0.3, -0.25) is 14.2 Å². The zero-order valence-electron chi connectivity index (χ0n) is 16.6. The molecule has 1 aliphatic heterocycles. The van der Waals surface area contributed by atoms with Gasteiger partial charge in [0.15, 0.2) is 5.65 Å². The lowest BCUT2D eigenvalue weighted by molar-refractivity contribution is -0.125. The van der Waals surface area contributed by atoms with Crippen molar-refractivity contribution < 1.29 is 19.4 Å². The number of rotatable bonds is 8. The molecule has 1 aliphatic rings. The van der Waals surface area contributed by atoms with E-state index in [0.717, 1.165) is 11.5 Å². The Hall–Kier alpha value is -3.38. The summed E-state index contributed by atoms with van der Waals surface area (Å²) >= 11 is 1.06. The maximum atomic E-state index is 12.6. The Bertz CT molecular complexity index is 1170. The second-order valence-electron chi connectivity index (χ2n) is 6.90. The highest BCUT2D eigenvalue weighted by molar-refractivity contribution is 7.08. The molecule has 12 heteroatoms. The molecule has 0 radical (unpaired) electrons. The van der Waals surface area contributed by atoms with Crippen molar-refractivity contribution in [1.82, 2.24) is 24.2 Å². The van der Waals surface area contributed by atoms with Gasteiger partial charge in [0.2, 0.25) is 16.5 Å². The van der Waals surface area contributed by atoms with Crippen LogP contribution < -0.4 is 15.6 Å². The summed E-state index contributed by atoms with van der Waals surface area (Å²) in [5.41, 5.74) is -0.698. The molecule has 0 spiro atoms. The molecule has 0 bridgehead atoms. The predicted octanol–water partition coefficient (Wildman–Crippen LogP) is 0.524. The number of hydrogen-bond acceptors (Lipinski definition) is 9. The molecule has 162 valence electrons. The highest BCUT2D eigenvalue weighted by atomic mass is 32.1. The van der Waals surface area contributed by atoms with E-state index in [1.807, 2.05) is 11.8 Å². The van der Waals surface area contributed by atoms with Gasteiger partial charge in [0.25, 0.3) is 0 Å². The van der Waals surface area contributed by atoms with Crippen molar-refractivity contribution >= 4 is 40.3 Å². The number of aromatic nitrogens is 4. The molecule has 1 fully saturated rings. The first-order chi connectivity index (χ1) is 15.0. The molecular weight excluding hydrogens is 424 g/mol. The van der Waals surface area contributed by atoms with Gasteiger partial charge in [0.1, 0.15) is 17.7 Å². The fraction of sp³-hybridized carbons (Fsp3) is 0.368. The van der Waals surface area contributed by atoms with Crippen molar-refractivity contribution in [3.05, 3.63) is 40.4 Å². The van der Waals surface area contributed by atoms with Crippen molar-refractivity contribution in [2.45, 2.75) is 6.92 Å². The van der Waals surface area contributed by atoms with E-state index in [0.29, 0.717) is 43.8 Å². The minimum absolute atomic E-state index is 0.0337. The quantitative estimate of drug-likeness (QED) is 0.476. The van der Waals surface area contributed by atoms with E-state index >= 15 is 0 Å². The standard InChI is InChI=1S/C19H20N6O5S/c1-2-30-6-5-20-17(27)11-7-24(8-11)14-4-3-12-15(26)13(18(28)29)9-25(16(12)23-14)19-21-10-22-31-19/h3-4,9-11H,2,5-8H2,1H3,(H,20,27)(H,28,29). The van der Waals surface area contributed by atoms with Crippen LogP contribution >= 0.6 is 11.5 Å². The molecule has 0 aromatic carbocycles. The van der Waals surface area contributed by atoms with Crippen LogP contribution in [0.3, 0.4) is 0 Å². The van der Waals surface area contributed by atoms with E-state index in [2.05, 4.69) is 19.7 Å². The van der Waals surface area contributed by atoms with Crippen molar-refractivity contribution in [3.63, 3.8) is 0 Å². The molecule has 0 saturated carbocycles. The second-order valence-corrected chi connectivity index (χ2v) is 7.66. The van der Waals surface area contributed by atoms with Crippen LogP contribution in [-0.4, -0.2) is 68.7 Å². The molecular formula is C19H20N6O5S. The van der Waals surface area contributed by atoms with Gasteiger partial charge in [0, 0.05) is 44.0 Å². The third-order valence-electron chi connectivity index (χ3n) is 4.95. The average molecular weight is 444 g/mol. The average Bonchev–Trinajstić information content (AvgIpc) is 3.25. The van der Waals surface area contributed by atoms with E-state index in [9.17, 15) is 19.5 Å². The molecule has 0 aliphatic carbocycles. The van der Waals surface area contributed by atoms with Crippen molar-refractivity contribution in [1.29, 1.82) is 0 Å². The Labute approximate surface area is 180 Å². The first-order valence-electron chi connectivity index (χ1n) is 9.66. The van der Waals surface area contributed by atoms with Gasteiger partial charge in [0.05, 0.1) is 17.9 Å². The number of anilines is 1. The molecule has 0 atom stereocenters. The molecule has 3 aromatic heterocycles. The topological polar surface area (TPSA) is 140 Å². The van der Waals surface area contributed by atoms with Crippen LogP contribution in [0.25, 0.3) is 16.2 Å². The van der Waals surface area contributed by atoms with Gasteiger partial charge in [-0.2, -0.15) is 4.37 Å². The summed E-state index contributed by atoms with van der Waals surface area (Å²) in [6, 6.07) is 3.21. The van der Waals surface area contributed by atoms with Crippen LogP contribution in [0.4, 0.5) is 5.82 Å². The number of hydrogen-bond donors (Lipinski definition) is 2. The minimum atomic E-state index is -1.32. The van der Waals surface area contributed by atoms with Crippen LogP contribution in [0, 0.1) is 5.92 Å². The van der Waals surface area contributed by atoms with Crippen molar-refractivity contribution in [3.8, 4) is 5.13 Å². The van der Waals surface area contributed by atoms with Gasteiger partial charge in [-0.25, -0.2) is 14.8 Å². The summed E-state index contributed by atoms with van der Waals surface area (Å²) in [7, 11) is 0. The van der Waals surface area contributed by atoms with Crippen LogP contribution in [0.5, 0.6) is 0 Å². The molecule has 2 N–H and O–H groups in total. The largest absolute Gasteiger partial charge is 0.477 e. The fourth-order valence-corrected chi connectivity index (χ4v) is 3.82. The number of fused-ring (bicyclic) bond motifs is 1. The lowest BCUT2D eigenvalue weighted by Gasteiger charge is -2.39. The Morgan fingerprint density at radius 2 is 2.16 bits per heavy atom. The zero-order valence-corrected chi connectivity index (χ0v) is 17.5. The van der Waals surface area contributed by atoms with E-state index in [-0.39, 0.29) is 28.4 Å². The zero-order chi connectivity index (χ0) is 22.0. The smallest absolute Gasteiger partial charge is 0.341 e. The van der Waals surface area contributed by atoms with Gasteiger partial charge < -0.3 is 20.1 Å². The molecule has 3 aromatic rings. The minimum Gasteiger partial charge on any atom is -0.477 e. The van der Waals surface area contributed by atoms with Crippen LogP contribution in [0.15, 0.2) is 29.5 Å². The number of carboxylic acids is 1. The number of amides is 1. The molecule has 0 unspecified atom stereocenters. The Morgan fingerprint density at radius 1 is 1.35 bits per heavy atom. The monoisotopic (exact) mass is 444 g/mol. The van der Waals surface area contributed by atoms with E-state index in [1.54, 1.807) is 12.1 Å². The van der Waals surface area contributed by atoms with Crippen LogP contribution in [0.2, 0.25) is 0 Å². The van der Waals surface area contributed by atoms with Gasteiger partial charge in [-0.15, -0.1) is 0 Å². The van der Waals surface area contributed by atoms with Gasteiger partial charge in [-0.1, -0.05) is 0 Å². The first-order valence-corrected chi connectivity index (χ1v) is 10.4. The molecule has 1 saturated heterocycles.